The molecule has 0 bridgehead atoms. The molecular weight excluding hydrogens is 302 g/mol. The summed E-state index contributed by atoms with van der Waals surface area (Å²) in [6.07, 6.45) is 8.70. The van der Waals surface area contributed by atoms with Crippen LogP contribution in [0.15, 0.2) is 29.2 Å². The molecule has 0 spiro atoms. The van der Waals surface area contributed by atoms with E-state index < -0.39 is 0 Å². The predicted molar refractivity (Wildman–Crippen MR) is 91.0 cm³/mol. The summed E-state index contributed by atoms with van der Waals surface area (Å²) in [4.78, 5) is 13.4. The van der Waals surface area contributed by atoms with Gasteiger partial charge in [-0.15, -0.1) is 11.8 Å². The summed E-state index contributed by atoms with van der Waals surface area (Å²) in [6, 6.07) is 8.03. The van der Waals surface area contributed by atoms with Gasteiger partial charge in [0.2, 0.25) is 5.91 Å². The molecule has 1 N–H and O–H groups in total. The molecule has 4 heteroatoms. The van der Waals surface area contributed by atoms with E-state index in [2.05, 4.69) is 5.32 Å². The summed E-state index contributed by atoms with van der Waals surface area (Å²) in [5, 5.41) is 3.89. The fraction of sp³-hybridized carbons (Fsp3) is 0.588. The van der Waals surface area contributed by atoms with Crippen molar-refractivity contribution in [2.75, 3.05) is 0 Å². The van der Waals surface area contributed by atoms with Crippen molar-refractivity contribution in [3.05, 3.63) is 29.3 Å². The largest absolute Gasteiger partial charge is 0.352 e. The topological polar surface area (TPSA) is 29.1 Å². The van der Waals surface area contributed by atoms with E-state index in [1.165, 1.54) is 32.1 Å². The van der Waals surface area contributed by atoms with Gasteiger partial charge >= 0.3 is 0 Å². The van der Waals surface area contributed by atoms with Crippen molar-refractivity contribution in [1.82, 2.24) is 5.32 Å². The third-order valence-electron chi connectivity index (χ3n) is 3.95. The Labute approximate surface area is 137 Å². The van der Waals surface area contributed by atoms with E-state index in [9.17, 15) is 4.79 Å². The van der Waals surface area contributed by atoms with Crippen LogP contribution in [0.2, 0.25) is 5.02 Å². The Kier molecular flexibility index (Phi) is 6.91. The molecule has 1 aliphatic rings. The molecule has 2 rings (SSSR count). The summed E-state index contributed by atoms with van der Waals surface area (Å²) in [5.41, 5.74) is 0. The van der Waals surface area contributed by atoms with E-state index in [1.54, 1.807) is 11.8 Å². The number of hydrogen-bond donors (Lipinski definition) is 1. The second kappa shape index (κ2) is 8.70. The molecule has 1 atom stereocenters. The molecule has 1 fully saturated rings. The first-order chi connectivity index (χ1) is 10.1. The third-order valence-corrected chi connectivity index (χ3v) is 5.31. The zero-order chi connectivity index (χ0) is 15.1. The maximum atomic E-state index is 12.3. The van der Waals surface area contributed by atoms with Gasteiger partial charge in [-0.25, -0.2) is 0 Å². The van der Waals surface area contributed by atoms with Crippen molar-refractivity contribution in [3.8, 4) is 0 Å². The summed E-state index contributed by atoms with van der Waals surface area (Å²) < 4.78 is 0. The second-order valence-electron chi connectivity index (χ2n) is 5.76. The molecule has 2 nitrogen and oxygen atoms in total. The average molecular weight is 326 g/mol. The van der Waals surface area contributed by atoms with Gasteiger partial charge in [-0.05, 0) is 44.0 Å². The van der Waals surface area contributed by atoms with Gasteiger partial charge in [0.05, 0.1) is 5.25 Å². The molecule has 0 aliphatic heterocycles. The van der Waals surface area contributed by atoms with Gasteiger partial charge in [-0.3, -0.25) is 4.79 Å². The molecule has 0 unspecified atom stereocenters. The lowest BCUT2D eigenvalue weighted by molar-refractivity contribution is -0.121. The number of benzene rings is 1. The Bertz CT molecular complexity index is 441. The van der Waals surface area contributed by atoms with Gasteiger partial charge in [0.15, 0.2) is 0 Å². The summed E-state index contributed by atoms with van der Waals surface area (Å²) in [7, 11) is 0. The molecule has 0 radical (unpaired) electrons. The molecule has 0 saturated heterocycles. The monoisotopic (exact) mass is 325 g/mol. The van der Waals surface area contributed by atoms with Gasteiger partial charge in [0, 0.05) is 16.0 Å². The first-order valence-corrected chi connectivity index (χ1v) is 9.13. The molecule has 0 heterocycles. The van der Waals surface area contributed by atoms with E-state index >= 15 is 0 Å². The van der Waals surface area contributed by atoms with Crippen molar-refractivity contribution in [3.63, 3.8) is 0 Å². The highest BCUT2D eigenvalue weighted by atomic mass is 35.5. The number of halogens is 1. The lowest BCUT2D eigenvalue weighted by Crippen LogP contribution is -2.39. The zero-order valence-electron chi connectivity index (χ0n) is 12.6. The zero-order valence-corrected chi connectivity index (χ0v) is 14.2. The Morgan fingerprint density at radius 3 is 2.33 bits per heavy atom. The normalized spacial score (nSPS) is 18.6. The van der Waals surface area contributed by atoms with Gasteiger partial charge in [0.1, 0.15) is 0 Å². The van der Waals surface area contributed by atoms with Crippen LogP contribution in [0, 0.1) is 0 Å². The Morgan fingerprint density at radius 2 is 1.71 bits per heavy atom. The highest BCUT2D eigenvalue weighted by Gasteiger charge is 2.19. The van der Waals surface area contributed by atoms with Crippen LogP contribution in [0.5, 0.6) is 0 Å². The quantitative estimate of drug-likeness (QED) is 0.785. The molecule has 1 amide bonds. The first kappa shape index (κ1) is 16.7. The highest BCUT2D eigenvalue weighted by Crippen LogP contribution is 2.25. The van der Waals surface area contributed by atoms with Gasteiger partial charge < -0.3 is 5.32 Å². The van der Waals surface area contributed by atoms with Crippen LogP contribution in [0.25, 0.3) is 0 Å². The van der Waals surface area contributed by atoms with Crippen LogP contribution in [0.4, 0.5) is 0 Å². The fourth-order valence-corrected chi connectivity index (χ4v) is 3.69. The minimum atomic E-state index is -0.0726. The third kappa shape index (κ3) is 5.91. The average Bonchev–Trinajstić information content (AvgIpc) is 2.44. The highest BCUT2D eigenvalue weighted by molar-refractivity contribution is 8.00. The van der Waals surface area contributed by atoms with Gasteiger partial charge in [-0.1, -0.05) is 43.7 Å². The Morgan fingerprint density at radius 1 is 1.14 bits per heavy atom. The number of carbonyl (C=O) groups is 1. The SMILES string of the molecule is C[C@@H](Sc1ccc(Cl)cc1)C(=O)NC1CCCCCCC1. The van der Waals surface area contributed by atoms with Crippen LogP contribution in [0.3, 0.4) is 0 Å². The predicted octanol–water partition coefficient (Wildman–Crippen LogP) is 5.05. The molecule has 1 aromatic rings. The van der Waals surface area contributed by atoms with Crippen molar-refractivity contribution < 1.29 is 4.79 Å². The first-order valence-electron chi connectivity index (χ1n) is 7.88. The Hall–Kier alpha value is -0.670. The fourth-order valence-electron chi connectivity index (χ4n) is 2.69. The maximum Gasteiger partial charge on any atom is 0.233 e. The number of nitrogens with one attached hydrogen (secondary N) is 1. The van der Waals surface area contributed by atoms with Crippen LogP contribution < -0.4 is 5.32 Å². The van der Waals surface area contributed by atoms with Crippen LogP contribution in [0.1, 0.15) is 51.9 Å². The molecule has 1 aliphatic carbocycles. The lowest BCUT2D eigenvalue weighted by Gasteiger charge is -2.22. The van der Waals surface area contributed by atoms with E-state index in [4.69, 9.17) is 11.6 Å². The number of amides is 1. The summed E-state index contributed by atoms with van der Waals surface area (Å²) in [6.45, 7) is 1.97. The number of rotatable bonds is 4. The molecule has 21 heavy (non-hydrogen) atoms. The number of hydrogen-bond acceptors (Lipinski definition) is 2. The second-order valence-corrected chi connectivity index (χ2v) is 7.62. The number of thioether (sulfide) groups is 1. The minimum absolute atomic E-state index is 0.0726. The van der Waals surface area contributed by atoms with E-state index in [1.807, 2.05) is 31.2 Å². The Balaban J connectivity index is 1.82. The van der Waals surface area contributed by atoms with Crippen LogP contribution in [-0.4, -0.2) is 17.2 Å². The molecular formula is C17H24ClNOS. The van der Waals surface area contributed by atoms with E-state index in [0.29, 0.717) is 6.04 Å². The van der Waals surface area contributed by atoms with Crippen molar-refractivity contribution in [1.29, 1.82) is 0 Å². The summed E-state index contributed by atoms with van der Waals surface area (Å²) >= 11 is 7.47. The van der Waals surface area contributed by atoms with E-state index in [-0.39, 0.29) is 11.2 Å². The van der Waals surface area contributed by atoms with Crippen molar-refractivity contribution in [2.45, 2.75) is 68.1 Å². The maximum absolute atomic E-state index is 12.3. The van der Waals surface area contributed by atoms with Gasteiger partial charge in [-0.2, -0.15) is 0 Å². The van der Waals surface area contributed by atoms with Crippen molar-refractivity contribution >= 4 is 29.3 Å². The molecule has 1 saturated carbocycles. The molecule has 116 valence electrons. The molecule has 0 aromatic heterocycles. The number of carbonyl (C=O) groups excluding carboxylic acids is 1. The minimum Gasteiger partial charge on any atom is -0.352 e. The standard InChI is InChI=1S/C17H24ClNOS/c1-13(21-16-11-9-14(18)10-12-16)17(20)19-15-7-5-3-2-4-6-8-15/h9-13,15H,2-8H2,1H3,(H,19,20)/t13-/m1/s1. The van der Waals surface area contributed by atoms with Crippen LogP contribution >= 0.6 is 23.4 Å². The van der Waals surface area contributed by atoms with E-state index in [0.717, 1.165) is 22.8 Å². The summed E-state index contributed by atoms with van der Waals surface area (Å²) in [5.74, 6) is 0.153. The smallest absolute Gasteiger partial charge is 0.233 e. The van der Waals surface area contributed by atoms with Crippen LogP contribution in [-0.2, 0) is 4.79 Å². The van der Waals surface area contributed by atoms with Crippen molar-refractivity contribution in [2.24, 2.45) is 0 Å². The lowest BCUT2D eigenvalue weighted by atomic mass is 9.97. The van der Waals surface area contributed by atoms with Gasteiger partial charge in [0.25, 0.3) is 0 Å². The molecule has 1 aromatic carbocycles.